The zero-order valence-corrected chi connectivity index (χ0v) is 31.0. The molecule has 43 heavy (non-hydrogen) atoms. The van der Waals surface area contributed by atoms with Gasteiger partial charge in [-0.1, -0.05) is 0 Å². The van der Waals surface area contributed by atoms with Crippen LogP contribution >= 0.6 is 11.3 Å². The van der Waals surface area contributed by atoms with Crippen LogP contribution in [0.15, 0.2) is 97.1 Å². The van der Waals surface area contributed by atoms with Crippen LogP contribution in [0.4, 0.5) is 0 Å². The maximum atomic E-state index is 2.83. The summed E-state index contributed by atoms with van der Waals surface area (Å²) in [6, 6.07) is 36.7. The van der Waals surface area contributed by atoms with E-state index in [4.69, 9.17) is 0 Å². The molecule has 3 heteroatoms. The Morgan fingerprint density at radius 1 is 0.674 bits per heavy atom. The molecule has 2 heterocycles. The molecule has 0 aliphatic carbocycles. The summed E-state index contributed by atoms with van der Waals surface area (Å²) < 4.78 is 6.50. The number of rotatable bonds is 14. The van der Waals surface area contributed by atoms with Crippen LogP contribution in [-0.4, -0.2) is 29.8 Å². The van der Waals surface area contributed by atoms with Crippen molar-refractivity contribution in [3.63, 3.8) is 0 Å². The minimum absolute atomic E-state index is 0.0732. The first-order chi connectivity index (χ1) is 20.9. The van der Waals surface area contributed by atoms with Crippen molar-refractivity contribution in [2.75, 3.05) is 6.54 Å². The van der Waals surface area contributed by atoms with Crippen molar-refractivity contribution >= 4 is 32.6 Å². The fourth-order valence-corrected chi connectivity index (χ4v) is 28.4. The number of nitrogens with zero attached hydrogens (tertiary/aromatic N) is 1. The molecule has 1 aliphatic rings. The van der Waals surface area contributed by atoms with Gasteiger partial charge in [-0.25, -0.2) is 0 Å². The Kier molecular flexibility index (Phi) is 10.9. The van der Waals surface area contributed by atoms with Crippen LogP contribution in [0, 0.1) is 0 Å². The number of unbranched alkanes of at least 4 members (excludes halogenated alkanes) is 3. The first-order valence-electron chi connectivity index (χ1n) is 17.0. The van der Waals surface area contributed by atoms with Gasteiger partial charge in [0.1, 0.15) is 0 Å². The van der Waals surface area contributed by atoms with Crippen LogP contribution in [0.1, 0.15) is 100 Å². The molecule has 3 aromatic carbocycles. The summed E-state index contributed by atoms with van der Waals surface area (Å²) in [6.07, 6.45) is 8.24. The zero-order chi connectivity index (χ0) is 30.3. The van der Waals surface area contributed by atoms with Crippen molar-refractivity contribution < 1.29 is 0 Å². The molecule has 0 radical (unpaired) electrons. The first kappa shape index (κ1) is 32.5. The van der Waals surface area contributed by atoms with Crippen LogP contribution in [0.25, 0.3) is 0 Å². The third kappa shape index (κ3) is 6.58. The molecule has 0 amide bonds. The van der Waals surface area contributed by atoms with Gasteiger partial charge >= 0.3 is 272 Å². The Labute approximate surface area is 270 Å². The number of hydrogen-bond acceptors (Lipinski definition) is 2. The molecule has 0 bridgehead atoms. The Morgan fingerprint density at radius 2 is 1.09 bits per heavy atom. The predicted molar refractivity (Wildman–Crippen MR) is 191 cm³/mol. The van der Waals surface area contributed by atoms with Gasteiger partial charge in [-0.15, -0.1) is 0 Å². The molecule has 0 unspecified atom stereocenters. The van der Waals surface area contributed by atoms with Gasteiger partial charge in [0, 0.05) is 0 Å². The molecule has 1 nitrogen and oxygen atoms in total. The third-order valence-corrected chi connectivity index (χ3v) is 29.4. The number of thiophene rings is 1. The van der Waals surface area contributed by atoms with Gasteiger partial charge in [0.15, 0.2) is 0 Å². The summed E-state index contributed by atoms with van der Waals surface area (Å²) >= 11 is -0.288. The fraction of sp³-hybridized carbons (Fsp3) is 0.450. The van der Waals surface area contributed by atoms with Crippen molar-refractivity contribution in [1.29, 1.82) is 0 Å². The van der Waals surface area contributed by atoms with E-state index in [1.807, 2.05) is 2.89 Å². The summed E-state index contributed by atoms with van der Waals surface area (Å²) in [7, 11) is 0. The van der Waals surface area contributed by atoms with Crippen molar-refractivity contribution in [2.45, 2.75) is 104 Å². The van der Waals surface area contributed by atoms with E-state index in [1.165, 1.54) is 68.5 Å². The fourth-order valence-electron chi connectivity index (χ4n) is 7.78. The van der Waals surface area contributed by atoms with E-state index in [0.717, 1.165) is 13.1 Å². The molecule has 0 saturated heterocycles. The van der Waals surface area contributed by atoms with Gasteiger partial charge in [0.05, 0.1) is 0 Å². The number of fused-ring (bicyclic) bond motifs is 1. The van der Waals surface area contributed by atoms with Crippen LogP contribution in [0.3, 0.4) is 0 Å². The Balaban J connectivity index is 1.68. The molecule has 0 N–H and O–H groups in total. The number of benzene rings is 3. The minimum atomic E-state index is -2.54. The first-order valence-corrected chi connectivity index (χ1v) is 25.3. The van der Waals surface area contributed by atoms with Gasteiger partial charge in [-0.2, -0.15) is 0 Å². The molecule has 5 rings (SSSR count). The molecule has 4 aromatic rings. The Morgan fingerprint density at radius 3 is 1.49 bits per heavy atom. The van der Waals surface area contributed by atoms with Crippen LogP contribution in [0.5, 0.6) is 0 Å². The monoisotopic (exact) mass is 699 g/mol. The average molecular weight is 699 g/mol. The van der Waals surface area contributed by atoms with Gasteiger partial charge in [0.25, 0.3) is 0 Å². The summed E-state index contributed by atoms with van der Waals surface area (Å²) in [5, 5.41) is 0. The second kappa shape index (κ2) is 14.5. The maximum absolute atomic E-state index is 2.83. The molecule has 0 fully saturated rings. The molecule has 0 saturated carbocycles. The molecular formula is C40H53NSSn. The summed E-state index contributed by atoms with van der Waals surface area (Å²) in [4.78, 5) is 4.46. The van der Waals surface area contributed by atoms with Crippen molar-refractivity contribution in [3.05, 3.63) is 124 Å². The predicted octanol–water partition coefficient (Wildman–Crippen LogP) is 10.9. The average Bonchev–Trinajstić information content (AvgIpc) is 3.49. The van der Waals surface area contributed by atoms with E-state index in [9.17, 15) is 0 Å². The van der Waals surface area contributed by atoms with Gasteiger partial charge in [0.2, 0.25) is 0 Å². The normalized spacial score (nSPS) is 15.4. The van der Waals surface area contributed by atoms with Gasteiger partial charge in [-0.3, -0.25) is 0 Å². The molecule has 0 spiro atoms. The van der Waals surface area contributed by atoms with Crippen LogP contribution in [0.2, 0.25) is 13.3 Å². The SMILES string of the molecule is CCC[CH2][Sn]([CH2]CCC)([CH2]CCC)[c]1cc2c(s1)CN(C(c1ccccc1)(c1ccccc1)c1ccccc1)CC2(C)C. The topological polar surface area (TPSA) is 3.24 Å². The van der Waals surface area contributed by atoms with Crippen LogP contribution in [-0.2, 0) is 17.5 Å². The summed E-state index contributed by atoms with van der Waals surface area (Å²) in [5.74, 6) is 0. The van der Waals surface area contributed by atoms with E-state index in [-0.39, 0.29) is 11.0 Å². The van der Waals surface area contributed by atoms with Crippen molar-refractivity contribution in [3.8, 4) is 0 Å². The standard InChI is InChI=1S/C28H26NS.3C4H9.Sn/c1-27(2)21-29(20-26-25(27)18-19-30-26)28(22-12-6-3-7-13-22,23-14-8-4-9-15-23)24-16-10-5-11-17-24;3*1-3-4-2;/h3-18H,20-21H2,1-2H3;3*1,3-4H2,2H3;. The van der Waals surface area contributed by atoms with E-state index < -0.39 is 18.4 Å². The third-order valence-electron chi connectivity index (χ3n) is 10.1. The van der Waals surface area contributed by atoms with Gasteiger partial charge in [-0.05, 0) is 0 Å². The molecule has 228 valence electrons. The van der Waals surface area contributed by atoms with Crippen LogP contribution < -0.4 is 2.89 Å². The van der Waals surface area contributed by atoms with E-state index >= 15 is 0 Å². The quantitative estimate of drug-likeness (QED) is 0.0936. The Bertz CT molecular complexity index is 1290. The number of hydrogen-bond donors (Lipinski definition) is 0. The van der Waals surface area contributed by atoms with E-state index in [2.05, 4.69) is 148 Å². The van der Waals surface area contributed by atoms with E-state index in [0.29, 0.717) is 0 Å². The second-order valence-electron chi connectivity index (χ2n) is 13.6. The molecule has 0 atom stereocenters. The molecule has 1 aliphatic heterocycles. The van der Waals surface area contributed by atoms with Crippen molar-refractivity contribution in [1.82, 2.24) is 4.90 Å². The second-order valence-corrected chi connectivity index (χ2v) is 28.9. The molecular weight excluding hydrogens is 645 g/mol. The molecule has 1 aromatic heterocycles. The summed E-state index contributed by atoms with van der Waals surface area (Å²) in [5.41, 5.74) is 5.42. The van der Waals surface area contributed by atoms with E-state index in [1.54, 1.807) is 10.4 Å². The zero-order valence-electron chi connectivity index (χ0n) is 27.4. The van der Waals surface area contributed by atoms with Crippen molar-refractivity contribution in [2.24, 2.45) is 0 Å². The Hall–Kier alpha value is -1.88. The summed E-state index contributed by atoms with van der Waals surface area (Å²) in [6.45, 7) is 14.2. The van der Waals surface area contributed by atoms with Gasteiger partial charge < -0.3 is 0 Å².